The van der Waals surface area contributed by atoms with Gasteiger partial charge in [-0.3, -0.25) is 9.48 Å². The van der Waals surface area contributed by atoms with Crippen LogP contribution in [0.2, 0.25) is 5.02 Å². The standard InChI is InChI=1S/C16H15ClF2N2O3/c1-3-21-9-11(17)12(20-21)5-6-13(22)10-4-7-14(24-16(18)19)15(8-10)23-2/h4-9,16H,3H2,1-2H3/b6-5+. The predicted molar refractivity (Wildman–Crippen MR) is 85.9 cm³/mol. The van der Waals surface area contributed by atoms with E-state index in [2.05, 4.69) is 9.84 Å². The van der Waals surface area contributed by atoms with Crippen molar-refractivity contribution >= 4 is 23.5 Å². The molecule has 0 aliphatic rings. The lowest BCUT2D eigenvalue weighted by Crippen LogP contribution is -2.04. The Hall–Kier alpha value is -2.41. The number of carbonyl (C=O) groups excluding carboxylic acids is 1. The van der Waals surface area contributed by atoms with Gasteiger partial charge < -0.3 is 9.47 Å². The summed E-state index contributed by atoms with van der Waals surface area (Å²) in [7, 11) is 1.30. The molecule has 0 saturated carbocycles. The van der Waals surface area contributed by atoms with Gasteiger partial charge in [0.25, 0.3) is 0 Å². The third kappa shape index (κ3) is 4.32. The number of ketones is 1. The molecule has 2 rings (SSSR count). The number of ether oxygens (including phenoxy) is 2. The summed E-state index contributed by atoms with van der Waals surface area (Å²) in [6, 6.07) is 3.96. The van der Waals surface area contributed by atoms with Gasteiger partial charge in [-0.1, -0.05) is 11.6 Å². The Morgan fingerprint density at radius 1 is 1.42 bits per heavy atom. The normalized spacial score (nSPS) is 11.2. The number of hydrogen-bond acceptors (Lipinski definition) is 4. The predicted octanol–water partition coefficient (Wildman–Crippen LogP) is 4.06. The van der Waals surface area contributed by atoms with Crippen LogP contribution in [0.3, 0.4) is 0 Å². The molecule has 0 amide bonds. The van der Waals surface area contributed by atoms with Gasteiger partial charge in [-0.2, -0.15) is 13.9 Å². The van der Waals surface area contributed by atoms with Crippen molar-refractivity contribution in [3.05, 3.63) is 46.8 Å². The zero-order valence-corrected chi connectivity index (χ0v) is 13.8. The molecule has 0 spiro atoms. The van der Waals surface area contributed by atoms with Crippen LogP contribution in [-0.4, -0.2) is 29.3 Å². The quantitative estimate of drug-likeness (QED) is 0.554. The number of halogens is 3. The highest BCUT2D eigenvalue weighted by atomic mass is 35.5. The molecule has 0 aliphatic heterocycles. The molecule has 0 atom stereocenters. The Kier molecular flexibility index (Phi) is 5.92. The number of methoxy groups -OCH3 is 1. The van der Waals surface area contributed by atoms with Crippen LogP contribution in [0.4, 0.5) is 8.78 Å². The molecule has 0 radical (unpaired) electrons. The van der Waals surface area contributed by atoms with E-state index in [1.807, 2.05) is 6.92 Å². The van der Waals surface area contributed by atoms with Crippen molar-refractivity contribution in [3.8, 4) is 11.5 Å². The van der Waals surface area contributed by atoms with Crippen LogP contribution >= 0.6 is 11.6 Å². The van der Waals surface area contributed by atoms with Gasteiger partial charge in [0.1, 0.15) is 5.69 Å². The topological polar surface area (TPSA) is 53.4 Å². The smallest absolute Gasteiger partial charge is 0.387 e. The van der Waals surface area contributed by atoms with Crippen molar-refractivity contribution in [1.82, 2.24) is 9.78 Å². The number of allylic oxidation sites excluding steroid dienone is 1. The second-order valence-corrected chi connectivity index (χ2v) is 5.07. The molecule has 0 saturated heterocycles. The third-order valence-corrected chi connectivity index (χ3v) is 3.42. The van der Waals surface area contributed by atoms with Crippen LogP contribution in [0.5, 0.6) is 11.5 Å². The summed E-state index contributed by atoms with van der Waals surface area (Å²) in [5.41, 5.74) is 0.729. The molecular weight excluding hydrogens is 342 g/mol. The molecule has 8 heteroatoms. The van der Waals surface area contributed by atoms with E-state index in [9.17, 15) is 13.6 Å². The van der Waals surface area contributed by atoms with Crippen molar-refractivity contribution in [3.63, 3.8) is 0 Å². The van der Waals surface area contributed by atoms with Gasteiger partial charge in [0, 0.05) is 18.3 Å². The van der Waals surface area contributed by atoms with Crippen molar-refractivity contribution in [2.45, 2.75) is 20.1 Å². The molecule has 24 heavy (non-hydrogen) atoms. The fourth-order valence-corrected chi connectivity index (χ4v) is 2.17. The molecule has 1 aromatic heterocycles. The number of aromatic nitrogens is 2. The van der Waals surface area contributed by atoms with E-state index < -0.39 is 6.61 Å². The number of hydrogen-bond donors (Lipinski definition) is 0. The lowest BCUT2D eigenvalue weighted by molar-refractivity contribution is -0.0512. The van der Waals surface area contributed by atoms with Gasteiger partial charge in [-0.05, 0) is 37.3 Å². The van der Waals surface area contributed by atoms with Crippen LogP contribution in [0, 0.1) is 0 Å². The first kappa shape index (κ1) is 17.9. The summed E-state index contributed by atoms with van der Waals surface area (Å²) < 4.78 is 35.5. The van der Waals surface area contributed by atoms with E-state index in [4.69, 9.17) is 16.3 Å². The van der Waals surface area contributed by atoms with Crippen molar-refractivity contribution in [1.29, 1.82) is 0 Å². The molecule has 0 fully saturated rings. The average Bonchev–Trinajstić information content (AvgIpc) is 2.92. The number of carbonyl (C=O) groups is 1. The Morgan fingerprint density at radius 3 is 2.75 bits per heavy atom. The molecule has 0 bridgehead atoms. The number of benzene rings is 1. The molecule has 2 aromatic rings. The zero-order valence-electron chi connectivity index (χ0n) is 13.0. The summed E-state index contributed by atoms with van der Waals surface area (Å²) in [6.45, 7) is -0.405. The second-order valence-electron chi connectivity index (χ2n) is 4.66. The highest BCUT2D eigenvalue weighted by Gasteiger charge is 2.13. The molecule has 5 nitrogen and oxygen atoms in total. The SMILES string of the molecule is CCn1cc(Cl)c(/C=C/C(=O)c2ccc(OC(F)F)c(OC)c2)n1. The van der Waals surface area contributed by atoms with Crippen LogP contribution < -0.4 is 9.47 Å². The lowest BCUT2D eigenvalue weighted by Gasteiger charge is -2.10. The minimum absolute atomic E-state index is 0.0443. The Bertz CT molecular complexity index is 760. The van der Waals surface area contributed by atoms with Crippen molar-refractivity contribution < 1.29 is 23.0 Å². The summed E-state index contributed by atoms with van der Waals surface area (Å²) in [6.07, 6.45) is 4.45. The van der Waals surface area contributed by atoms with E-state index in [-0.39, 0.29) is 22.8 Å². The zero-order chi connectivity index (χ0) is 17.7. The molecule has 0 aliphatic carbocycles. The summed E-state index contributed by atoms with van der Waals surface area (Å²) in [5, 5.41) is 4.62. The first-order chi connectivity index (χ1) is 11.4. The number of aryl methyl sites for hydroxylation is 1. The fraction of sp³-hybridized carbons (Fsp3) is 0.250. The van der Waals surface area contributed by atoms with Gasteiger partial charge in [-0.25, -0.2) is 0 Å². The summed E-state index contributed by atoms with van der Waals surface area (Å²) in [5.74, 6) is -0.445. The first-order valence-electron chi connectivity index (χ1n) is 7.02. The van der Waals surface area contributed by atoms with Gasteiger partial charge in [0.05, 0.1) is 12.1 Å². The van der Waals surface area contributed by atoms with E-state index in [0.29, 0.717) is 17.3 Å². The fourth-order valence-electron chi connectivity index (χ4n) is 1.95. The molecular formula is C16H15ClF2N2O3. The van der Waals surface area contributed by atoms with Crippen LogP contribution in [0.15, 0.2) is 30.5 Å². The maximum Gasteiger partial charge on any atom is 0.387 e. The van der Waals surface area contributed by atoms with Gasteiger partial charge in [0.15, 0.2) is 17.3 Å². The Morgan fingerprint density at radius 2 is 2.17 bits per heavy atom. The highest BCUT2D eigenvalue weighted by molar-refractivity contribution is 6.31. The van der Waals surface area contributed by atoms with Gasteiger partial charge in [-0.15, -0.1) is 0 Å². The maximum atomic E-state index is 12.3. The maximum absolute atomic E-state index is 12.3. The summed E-state index contributed by atoms with van der Waals surface area (Å²) in [4.78, 5) is 12.2. The molecule has 1 aromatic carbocycles. The van der Waals surface area contributed by atoms with Crippen molar-refractivity contribution in [2.75, 3.05) is 7.11 Å². The molecule has 128 valence electrons. The van der Waals surface area contributed by atoms with Crippen LogP contribution in [0.25, 0.3) is 6.08 Å². The minimum Gasteiger partial charge on any atom is -0.493 e. The van der Waals surface area contributed by atoms with Crippen LogP contribution in [-0.2, 0) is 6.54 Å². The number of alkyl halides is 2. The molecule has 0 N–H and O–H groups in total. The lowest BCUT2D eigenvalue weighted by atomic mass is 10.1. The van der Waals surface area contributed by atoms with E-state index >= 15 is 0 Å². The first-order valence-corrected chi connectivity index (χ1v) is 7.40. The van der Waals surface area contributed by atoms with Crippen molar-refractivity contribution in [2.24, 2.45) is 0 Å². The van der Waals surface area contributed by atoms with Crippen LogP contribution in [0.1, 0.15) is 23.0 Å². The average molecular weight is 357 g/mol. The monoisotopic (exact) mass is 356 g/mol. The molecule has 0 unspecified atom stereocenters. The summed E-state index contributed by atoms with van der Waals surface area (Å²) >= 11 is 6.02. The minimum atomic E-state index is -2.98. The number of nitrogens with zero attached hydrogens (tertiary/aromatic N) is 2. The highest BCUT2D eigenvalue weighted by Crippen LogP contribution is 2.29. The van der Waals surface area contributed by atoms with E-state index in [1.54, 1.807) is 10.9 Å². The largest absolute Gasteiger partial charge is 0.493 e. The van der Waals surface area contributed by atoms with Gasteiger partial charge in [0.2, 0.25) is 0 Å². The van der Waals surface area contributed by atoms with E-state index in [0.717, 1.165) is 0 Å². The molecule has 1 heterocycles. The van der Waals surface area contributed by atoms with E-state index in [1.165, 1.54) is 37.5 Å². The van der Waals surface area contributed by atoms with Gasteiger partial charge >= 0.3 is 6.61 Å². The second kappa shape index (κ2) is 7.92. The number of rotatable bonds is 7. The Labute approximate surface area is 142 Å². The third-order valence-electron chi connectivity index (χ3n) is 3.12. The Balaban J connectivity index is 2.19.